The first kappa shape index (κ1) is 18.9. The van der Waals surface area contributed by atoms with Crippen molar-refractivity contribution in [3.63, 3.8) is 0 Å². The summed E-state index contributed by atoms with van der Waals surface area (Å²) in [6, 6.07) is 8.32. The molecular weight excluding hydrogens is 364 g/mol. The lowest BCUT2D eigenvalue weighted by atomic mass is 9.88. The largest absolute Gasteiger partial charge is 0.465 e. The van der Waals surface area contributed by atoms with Crippen LogP contribution < -0.4 is 10.6 Å². The van der Waals surface area contributed by atoms with E-state index in [1.54, 1.807) is 11.3 Å². The number of nitrogens with one attached hydrogen (secondary N) is 2. The van der Waals surface area contributed by atoms with E-state index in [1.165, 1.54) is 17.6 Å². The molecule has 0 spiro atoms. The van der Waals surface area contributed by atoms with Gasteiger partial charge in [-0.1, -0.05) is 36.8 Å². The summed E-state index contributed by atoms with van der Waals surface area (Å²) >= 11 is 7.06. The van der Waals surface area contributed by atoms with E-state index in [1.807, 2.05) is 0 Å². The maximum Gasteiger partial charge on any atom is 0.341 e. The average molecular weight is 389 g/mol. The third-order valence-corrected chi connectivity index (χ3v) is 6.12. The first-order valence-electron chi connectivity index (χ1n) is 8.81. The summed E-state index contributed by atoms with van der Waals surface area (Å²) in [7, 11) is 1.43. The first-order chi connectivity index (χ1) is 12.5. The molecular formula is C20H24N2O2S2. The van der Waals surface area contributed by atoms with Crippen LogP contribution in [0.1, 0.15) is 45.3 Å². The van der Waals surface area contributed by atoms with Crippen molar-refractivity contribution in [1.82, 2.24) is 5.32 Å². The van der Waals surface area contributed by atoms with Gasteiger partial charge in [0.1, 0.15) is 5.00 Å². The van der Waals surface area contributed by atoms with Crippen LogP contribution in [0, 0.1) is 12.8 Å². The first-order valence-corrected chi connectivity index (χ1v) is 10.0. The van der Waals surface area contributed by atoms with Crippen LogP contribution in [-0.2, 0) is 24.1 Å². The quantitative estimate of drug-likeness (QED) is 0.598. The number of aryl methyl sites for hydroxylation is 1. The summed E-state index contributed by atoms with van der Waals surface area (Å²) in [6.07, 6.45) is 3.03. The topological polar surface area (TPSA) is 50.4 Å². The number of methoxy groups -OCH3 is 1. The summed E-state index contributed by atoms with van der Waals surface area (Å²) in [5.74, 6) is 0.354. The molecule has 1 aliphatic carbocycles. The number of benzene rings is 1. The Bertz CT molecular complexity index is 812. The second-order valence-corrected chi connectivity index (χ2v) is 8.35. The van der Waals surface area contributed by atoms with Gasteiger partial charge in [0.2, 0.25) is 0 Å². The third kappa shape index (κ3) is 4.24. The van der Waals surface area contributed by atoms with Gasteiger partial charge in [0.05, 0.1) is 12.7 Å². The molecule has 0 fully saturated rings. The Balaban J connectivity index is 1.73. The maximum atomic E-state index is 12.3. The summed E-state index contributed by atoms with van der Waals surface area (Å²) in [5, 5.41) is 7.74. The Kier molecular flexibility index (Phi) is 5.94. The number of fused-ring (bicyclic) bond motifs is 1. The van der Waals surface area contributed by atoms with Crippen molar-refractivity contribution >= 4 is 39.6 Å². The van der Waals surface area contributed by atoms with E-state index in [0.29, 0.717) is 23.1 Å². The predicted molar refractivity (Wildman–Crippen MR) is 111 cm³/mol. The average Bonchev–Trinajstić information content (AvgIpc) is 2.97. The van der Waals surface area contributed by atoms with E-state index in [9.17, 15) is 4.79 Å². The van der Waals surface area contributed by atoms with Gasteiger partial charge in [0.15, 0.2) is 5.11 Å². The zero-order chi connectivity index (χ0) is 18.7. The second kappa shape index (κ2) is 8.18. The molecule has 0 bridgehead atoms. The van der Waals surface area contributed by atoms with Gasteiger partial charge in [-0.05, 0) is 55.4 Å². The van der Waals surface area contributed by atoms with Gasteiger partial charge in [-0.3, -0.25) is 0 Å². The number of ether oxygens (including phenoxy) is 1. The molecule has 0 radical (unpaired) electrons. The van der Waals surface area contributed by atoms with Gasteiger partial charge < -0.3 is 15.4 Å². The molecule has 1 heterocycles. The van der Waals surface area contributed by atoms with E-state index in [4.69, 9.17) is 17.0 Å². The highest BCUT2D eigenvalue weighted by atomic mass is 32.1. The second-order valence-electron chi connectivity index (χ2n) is 6.84. The van der Waals surface area contributed by atoms with Gasteiger partial charge in [0.25, 0.3) is 0 Å². The number of anilines is 1. The van der Waals surface area contributed by atoms with Crippen LogP contribution in [-0.4, -0.2) is 18.2 Å². The fraction of sp³-hybridized carbons (Fsp3) is 0.400. The zero-order valence-electron chi connectivity index (χ0n) is 15.3. The molecule has 1 aromatic heterocycles. The molecule has 3 rings (SSSR count). The molecule has 26 heavy (non-hydrogen) atoms. The summed E-state index contributed by atoms with van der Waals surface area (Å²) < 4.78 is 5.01. The molecule has 0 saturated carbocycles. The maximum absolute atomic E-state index is 12.3. The molecule has 138 valence electrons. The van der Waals surface area contributed by atoms with Crippen molar-refractivity contribution in [1.29, 1.82) is 0 Å². The van der Waals surface area contributed by atoms with E-state index in [2.05, 4.69) is 48.7 Å². The van der Waals surface area contributed by atoms with E-state index < -0.39 is 0 Å². The Morgan fingerprint density at radius 1 is 1.35 bits per heavy atom. The smallest absolute Gasteiger partial charge is 0.341 e. The number of hydrogen-bond donors (Lipinski definition) is 2. The van der Waals surface area contributed by atoms with Crippen molar-refractivity contribution in [2.24, 2.45) is 5.92 Å². The molecule has 0 aliphatic heterocycles. The zero-order valence-corrected chi connectivity index (χ0v) is 17.0. The lowest BCUT2D eigenvalue weighted by Gasteiger charge is -2.18. The minimum atomic E-state index is -0.291. The number of carbonyl (C=O) groups is 1. The highest BCUT2D eigenvalue weighted by Gasteiger charge is 2.28. The molecule has 0 amide bonds. The molecule has 1 aliphatic rings. The van der Waals surface area contributed by atoms with Gasteiger partial charge in [-0.15, -0.1) is 11.3 Å². The Morgan fingerprint density at radius 2 is 2.08 bits per heavy atom. The number of carbonyl (C=O) groups excluding carboxylic acids is 1. The Labute approximate surface area is 164 Å². The predicted octanol–water partition coefficient (Wildman–Crippen LogP) is 4.45. The SMILES string of the molecule is COC(=O)c1c(NC(=S)NCc2ccc(C)cc2)sc2c1CCC(C)C2. The fourth-order valence-electron chi connectivity index (χ4n) is 3.19. The van der Waals surface area contributed by atoms with Gasteiger partial charge in [0, 0.05) is 11.4 Å². The van der Waals surface area contributed by atoms with Crippen molar-refractivity contribution in [3.8, 4) is 0 Å². The van der Waals surface area contributed by atoms with Crippen LogP contribution in [0.15, 0.2) is 24.3 Å². The van der Waals surface area contributed by atoms with Crippen molar-refractivity contribution in [3.05, 3.63) is 51.4 Å². The van der Waals surface area contributed by atoms with E-state index >= 15 is 0 Å². The molecule has 1 aromatic carbocycles. The highest BCUT2D eigenvalue weighted by Crippen LogP contribution is 2.39. The van der Waals surface area contributed by atoms with Gasteiger partial charge >= 0.3 is 5.97 Å². The van der Waals surface area contributed by atoms with Crippen molar-refractivity contribution < 1.29 is 9.53 Å². The van der Waals surface area contributed by atoms with E-state index in [0.717, 1.165) is 35.4 Å². The molecule has 4 nitrogen and oxygen atoms in total. The van der Waals surface area contributed by atoms with Gasteiger partial charge in [-0.2, -0.15) is 0 Å². The standard InChI is InChI=1S/C20H24N2O2S2/c1-12-4-7-14(8-5-12)11-21-20(25)22-18-17(19(23)24-3)15-9-6-13(2)10-16(15)26-18/h4-5,7-8,13H,6,9-11H2,1-3H3,(H2,21,22,25). The van der Waals surface area contributed by atoms with Crippen LogP contribution >= 0.6 is 23.6 Å². The fourth-order valence-corrected chi connectivity index (χ4v) is 4.83. The Hall–Kier alpha value is -1.92. The van der Waals surface area contributed by atoms with Crippen LogP contribution in [0.3, 0.4) is 0 Å². The molecule has 1 atom stereocenters. The summed E-state index contributed by atoms with van der Waals surface area (Å²) in [5.41, 5.74) is 4.17. The highest BCUT2D eigenvalue weighted by molar-refractivity contribution is 7.80. The monoisotopic (exact) mass is 388 g/mol. The molecule has 1 unspecified atom stereocenters. The molecule has 2 N–H and O–H groups in total. The molecule has 2 aromatic rings. The summed E-state index contributed by atoms with van der Waals surface area (Å²) in [4.78, 5) is 13.6. The number of thiophene rings is 1. The number of esters is 1. The molecule has 6 heteroatoms. The Morgan fingerprint density at radius 3 is 2.77 bits per heavy atom. The normalized spacial score (nSPS) is 15.9. The lowest BCUT2D eigenvalue weighted by Crippen LogP contribution is -2.28. The summed E-state index contributed by atoms with van der Waals surface area (Å²) in [6.45, 7) is 4.96. The van der Waals surface area contributed by atoms with Crippen LogP contribution in [0.25, 0.3) is 0 Å². The van der Waals surface area contributed by atoms with Gasteiger partial charge in [-0.25, -0.2) is 4.79 Å². The lowest BCUT2D eigenvalue weighted by molar-refractivity contribution is 0.0601. The number of hydrogen-bond acceptors (Lipinski definition) is 4. The molecule has 0 saturated heterocycles. The van der Waals surface area contributed by atoms with Crippen molar-refractivity contribution in [2.75, 3.05) is 12.4 Å². The van der Waals surface area contributed by atoms with E-state index in [-0.39, 0.29) is 5.97 Å². The van der Waals surface area contributed by atoms with Crippen LogP contribution in [0.5, 0.6) is 0 Å². The minimum absolute atomic E-state index is 0.291. The van der Waals surface area contributed by atoms with Crippen molar-refractivity contribution in [2.45, 2.75) is 39.7 Å². The number of thiocarbonyl (C=S) groups is 1. The number of rotatable bonds is 4. The van der Waals surface area contributed by atoms with Crippen LogP contribution in [0.4, 0.5) is 5.00 Å². The third-order valence-electron chi connectivity index (χ3n) is 4.70. The van der Waals surface area contributed by atoms with Crippen LogP contribution in [0.2, 0.25) is 0 Å². The minimum Gasteiger partial charge on any atom is -0.465 e.